The van der Waals surface area contributed by atoms with Gasteiger partial charge in [-0.05, 0) is 31.9 Å². The third-order valence-electron chi connectivity index (χ3n) is 2.49. The van der Waals surface area contributed by atoms with Crippen LogP contribution in [-0.2, 0) is 24.8 Å². The van der Waals surface area contributed by atoms with Crippen molar-refractivity contribution in [3.8, 4) is 0 Å². The highest BCUT2D eigenvalue weighted by molar-refractivity contribution is 7.62. The molecule has 106 valence electrons. The highest BCUT2D eigenvalue weighted by Crippen LogP contribution is 2.47. The van der Waals surface area contributed by atoms with Crippen molar-refractivity contribution in [1.29, 1.82) is 0 Å². The fraction of sp³-hybridized carbons (Fsp3) is 0.462. The summed E-state index contributed by atoms with van der Waals surface area (Å²) in [6.07, 6.45) is 0.283. The van der Waals surface area contributed by atoms with Gasteiger partial charge in [0.15, 0.2) is 0 Å². The third-order valence-corrected chi connectivity index (χ3v) is 4.72. The first-order valence-corrected chi connectivity index (χ1v) is 7.77. The molecule has 0 bridgehead atoms. The lowest BCUT2D eigenvalue weighted by Gasteiger charge is -2.19. The molecule has 1 N–H and O–H groups in total. The van der Waals surface area contributed by atoms with Crippen molar-refractivity contribution >= 4 is 18.9 Å². The van der Waals surface area contributed by atoms with Crippen LogP contribution in [0.2, 0.25) is 0 Å². The highest BCUT2D eigenvalue weighted by Gasteiger charge is 2.29. The zero-order valence-corrected chi connectivity index (χ0v) is 12.1. The predicted octanol–water partition coefficient (Wildman–Crippen LogP) is 2.60. The molecule has 1 rings (SSSR count). The zero-order chi connectivity index (χ0) is 14.3. The standard InChI is InChI=1S/C13H19O5P/c1-3-17-19(16,18-4-2)12-8-6-5-7-11(12)9-10-13(14)15/h5-8H,3-4,9-10H2,1-2H3,(H,14,15). The first kappa shape index (κ1) is 15.9. The Bertz CT molecular complexity index is 462. The lowest BCUT2D eigenvalue weighted by molar-refractivity contribution is -0.136. The summed E-state index contributed by atoms with van der Waals surface area (Å²) in [5, 5.41) is 9.20. The summed E-state index contributed by atoms with van der Waals surface area (Å²) in [6, 6.07) is 6.94. The summed E-state index contributed by atoms with van der Waals surface area (Å²) < 4.78 is 23.3. The van der Waals surface area contributed by atoms with E-state index < -0.39 is 13.6 Å². The molecule has 0 saturated carbocycles. The number of benzene rings is 1. The van der Waals surface area contributed by atoms with E-state index in [4.69, 9.17) is 14.2 Å². The van der Waals surface area contributed by atoms with Crippen LogP contribution in [-0.4, -0.2) is 24.3 Å². The molecule has 0 aromatic heterocycles. The predicted molar refractivity (Wildman–Crippen MR) is 72.9 cm³/mol. The molecule has 0 aliphatic heterocycles. The van der Waals surface area contributed by atoms with Gasteiger partial charge in [-0.15, -0.1) is 0 Å². The van der Waals surface area contributed by atoms with Gasteiger partial charge in [-0.3, -0.25) is 9.36 Å². The number of hydrogen-bond donors (Lipinski definition) is 1. The van der Waals surface area contributed by atoms with Gasteiger partial charge in [-0.2, -0.15) is 0 Å². The van der Waals surface area contributed by atoms with Crippen LogP contribution in [0.1, 0.15) is 25.8 Å². The number of aryl methyl sites for hydroxylation is 1. The lowest BCUT2D eigenvalue weighted by atomic mass is 10.1. The highest BCUT2D eigenvalue weighted by atomic mass is 31.2. The van der Waals surface area contributed by atoms with Gasteiger partial charge in [0.05, 0.1) is 18.5 Å². The summed E-state index contributed by atoms with van der Waals surface area (Å²) in [5.74, 6) is -0.891. The average molecular weight is 286 g/mol. The van der Waals surface area contributed by atoms with Gasteiger partial charge in [0.1, 0.15) is 0 Å². The van der Waals surface area contributed by atoms with Crippen LogP contribution < -0.4 is 5.30 Å². The topological polar surface area (TPSA) is 72.8 Å². The molecule has 0 aliphatic carbocycles. The van der Waals surface area contributed by atoms with Crippen LogP contribution in [0.5, 0.6) is 0 Å². The van der Waals surface area contributed by atoms with Crippen molar-refractivity contribution in [1.82, 2.24) is 0 Å². The van der Waals surface area contributed by atoms with Crippen LogP contribution in [0.4, 0.5) is 0 Å². The summed E-state index contributed by atoms with van der Waals surface area (Å²) in [5.41, 5.74) is 0.690. The molecule has 0 atom stereocenters. The number of aliphatic carboxylic acids is 1. The summed E-state index contributed by atoms with van der Waals surface area (Å²) in [4.78, 5) is 10.7. The van der Waals surface area contributed by atoms with E-state index in [0.29, 0.717) is 17.3 Å². The minimum absolute atomic E-state index is 0.0186. The van der Waals surface area contributed by atoms with E-state index in [1.54, 1.807) is 38.1 Å². The van der Waals surface area contributed by atoms with Crippen molar-refractivity contribution in [3.05, 3.63) is 29.8 Å². The van der Waals surface area contributed by atoms with E-state index in [2.05, 4.69) is 0 Å². The molecule has 6 heteroatoms. The molecule has 0 saturated heterocycles. The molecule has 5 nitrogen and oxygen atoms in total. The minimum Gasteiger partial charge on any atom is -0.481 e. The van der Waals surface area contributed by atoms with Crippen molar-refractivity contribution in [2.45, 2.75) is 26.7 Å². The van der Waals surface area contributed by atoms with Gasteiger partial charge in [-0.1, -0.05) is 18.2 Å². The molecule has 0 fully saturated rings. The maximum atomic E-state index is 12.7. The smallest absolute Gasteiger partial charge is 0.361 e. The van der Waals surface area contributed by atoms with Crippen LogP contribution in [0.15, 0.2) is 24.3 Å². The molecule has 0 radical (unpaired) electrons. The SMILES string of the molecule is CCOP(=O)(OCC)c1ccccc1CCC(=O)O. The lowest BCUT2D eigenvalue weighted by Crippen LogP contribution is -2.16. The Hall–Kier alpha value is -1.16. The zero-order valence-electron chi connectivity index (χ0n) is 11.2. The number of carboxylic acids is 1. The number of carboxylic acid groups (broad SMARTS) is 1. The average Bonchev–Trinajstić information content (AvgIpc) is 2.37. The third kappa shape index (κ3) is 4.46. The van der Waals surface area contributed by atoms with Crippen molar-refractivity contribution in [3.63, 3.8) is 0 Å². The first-order valence-electron chi connectivity index (χ1n) is 6.23. The van der Waals surface area contributed by atoms with Crippen LogP contribution >= 0.6 is 7.60 Å². The Balaban J connectivity index is 3.08. The Morgan fingerprint density at radius 1 is 1.21 bits per heavy atom. The molecule has 0 spiro atoms. The molecule has 1 aromatic rings. The Kier molecular flexibility index (Phi) is 6.22. The number of carbonyl (C=O) groups is 1. The molecular weight excluding hydrogens is 267 g/mol. The molecule has 0 heterocycles. The molecular formula is C13H19O5P. The van der Waals surface area contributed by atoms with E-state index in [1.165, 1.54) is 0 Å². The summed E-state index contributed by atoms with van der Waals surface area (Å²) in [6.45, 7) is 4.02. The van der Waals surface area contributed by atoms with Crippen molar-refractivity contribution in [2.24, 2.45) is 0 Å². The van der Waals surface area contributed by atoms with Crippen LogP contribution in [0.25, 0.3) is 0 Å². The van der Waals surface area contributed by atoms with Crippen LogP contribution in [0, 0.1) is 0 Å². The van der Waals surface area contributed by atoms with Gasteiger partial charge < -0.3 is 14.2 Å². The molecule has 0 amide bonds. The molecule has 1 aromatic carbocycles. The summed E-state index contributed by atoms with van der Waals surface area (Å²) in [7, 11) is -3.36. The Morgan fingerprint density at radius 2 is 1.79 bits per heavy atom. The molecule has 0 aliphatic rings. The minimum atomic E-state index is -3.36. The maximum absolute atomic E-state index is 12.7. The largest absolute Gasteiger partial charge is 0.481 e. The van der Waals surface area contributed by atoms with Gasteiger partial charge in [-0.25, -0.2) is 0 Å². The fourth-order valence-electron chi connectivity index (χ4n) is 1.75. The van der Waals surface area contributed by atoms with Gasteiger partial charge in [0.2, 0.25) is 0 Å². The van der Waals surface area contributed by atoms with Gasteiger partial charge in [0, 0.05) is 6.42 Å². The second-order valence-corrected chi connectivity index (χ2v) is 5.85. The van der Waals surface area contributed by atoms with Crippen molar-refractivity contribution in [2.75, 3.05) is 13.2 Å². The van der Waals surface area contributed by atoms with E-state index in [1.807, 2.05) is 0 Å². The molecule has 0 unspecified atom stereocenters. The summed E-state index contributed by atoms with van der Waals surface area (Å²) >= 11 is 0. The van der Waals surface area contributed by atoms with Crippen molar-refractivity contribution < 1.29 is 23.5 Å². The molecule has 19 heavy (non-hydrogen) atoms. The second kappa shape index (κ2) is 7.43. The first-order chi connectivity index (χ1) is 9.03. The number of hydrogen-bond acceptors (Lipinski definition) is 4. The van der Waals surface area contributed by atoms with E-state index in [-0.39, 0.29) is 19.6 Å². The second-order valence-electron chi connectivity index (χ2n) is 3.86. The normalized spacial score (nSPS) is 11.5. The van der Waals surface area contributed by atoms with E-state index in [9.17, 15) is 9.36 Å². The fourth-order valence-corrected chi connectivity index (χ4v) is 3.59. The van der Waals surface area contributed by atoms with Crippen LogP contribution in [0.3, 0.4) is 0 Å². The Labute approximate surface area is 113 Å². The number of rotatable bonds is 8. The quantitative estimate of drug-likeness (QED) is 0.744. The Morgan fingerprint density at radius 3 is 2.32 bits per heavy atom. The van der Waals surface area contributed by atoms with E-state index in [0.717, 1.165) is 0 Å². The van der Waals surface area contributed by atoms with Gasteiger partial charge in [0.25, 0.3) is 0 Å². The monoisotopic (exact) mass is 286 g/mol. The maximum Gasteiger partial charge on any atom is 0.361 e. The van der Waals surface area contributed by atoms with Gasteiger partial charge >= 0.3 is 13.6 Å². The van der Waals surface area contributed by atoms with E-state index >= 15 is 0 Å².